The van der Waals surface area contributed by atoms with Crippen molar-refractivity contribution in [2.75, 3.05) is 0 Å². The highest BCUT2D eigenvalue weighted by Gasteiger charge is 2.29. The highest BCUT2D eigenvalue weighted by molar-refractivity contribution is 7.85. The van der Waals surface area contributed by atoms with Gasteiger partial charge < -0.3 is 13.4 Å². The lowest BCUT2D eigenvalue weighted by Crippen LogP contribution is -2.24. The van der Waals surface area contributed by atoms with Crippen LogP contribution in [0.2, 0.25) is 0 Å². The second-order valence-corrected chi connectivity index (χ2v) is 14.3. The van der Waals surface area contributed by atoms with E-state index in [4.69, 9.17) is 8.83 Å². The maximum atomic E-state index is 14.8. The van der Waals surface area contributed by atoms with Crippen LogP contribution in [0.15, 0.2) is 167 Å². The zero-order chi connectivity index (χ0) is 30.7. The summed E-state index contributed by atoms with van der Waals surface area (Å²) in [6.07, 6.45) is 1.80. The van der Waals surface area contributed by atoms with Crippen molar-refractivity contribution in [2.45, 2.75) is 0 Å². The average molecular weight is 612 g/mol. The van der Waals surface area contributed by atoms with E-state index < -0.39 is 7.14 Å². The van der Waals surface area contributed by atoms with Crippen molar-refractivity contribution in [2.24, 2.45) is 0 Å². The summed E-state index contributed by atoms with van der Waals surface area (Å²) < 4.78 is 27.3. The van der Waals surface area contributed by atoms with Crippen molar-refractivity contribution < 1.29 is 13.4 Å². The minimum absolute atomic E-state index is 0.787. The number of aromatic nitrogens is 1. The molecule has 0 fully saturated rings. The van der Waals surface area contributed by atoms with Gasteiger partial charge in [-0.1, -0.05) is 115 Å². The van der Waals surface area contributed by atoms with Gasteiger partial charge in [0.1, 0.15) is 22.3 Å². The summed E-state index contributed by atoms with van der Waals surface area (Å²) in [6.45, 7) is 0. The van der Waals surface area contributed by atoms with Crippen molar-refractivity contribution >= 4 is 67.1 Å². The molecular formula is C41H26NO3P. The molecule has 4 nitrogen and oxygen atoms in total. The minimum Gasteiger partial charge on any atom is -0.455 e. The molecule has 218 valence electrons. The lowest BCUT2D eigenvalue weighted by molar-refractivity contribution is 0.592. The standard InChI is InChI=1S/C41H26NO3P/c43-46(30-9-3-1-4-10-30,31-11-5-2-6-12-31)32-20-16-27(17-21-32)33-13-7-14-34-35-25-28(18-22-37(35)45-41(33)34)29-19-23-38-36(26-29)40-39(44-38)15-8-24-42-40/h1-26H. The van der Waals surface area contributed by atoms with E-state index in [1.807, 2.05) is 97.1 Å². The predicted molar refractivity (Wildman–Crippen MR) is 189 cm³/mol. The van der Waals surface area contributed by atoms with Crippen LogP contribution in [0.1, 0.15) is 0 Å². The molecule has 0 atom stereocenters. The summed E-state index contributed by atoms with van der Waals surface area (Å²) in [6, 6.07) is 50.3. The van der Waals surface area contributed by atoms with Gasteiger partial charge in [-0.05, 0) is 53.1 Å². The summed E-state index contributed by atoms with van der Waals surface area (Å²) in [5.41, 5.74) is 8.32. The van der Waals surface area contributed by atoms with Gasteiger partial charge in [0.15, 0.2) is 12.7 Å². The van der Waals surface area contributed by atoms with E-state index in [0.717, 1.165) is 82.2 Å². The van der Waals surface area contributed by atoms with Gasteiger partial charge in [0.25, 0.3) is 0 Å². The van der Waals surface area contributed by atoms with Crippen LogP contribution < -0.4 is 15.9 Å². The third kappa shape index (κ3) is 4.15. The van der Waals surface area contributed by atoms with Gasteiger partial charge in [-0.15, -0.1) is 0 Å². The van der Waals surface area contributed by atoms with E-state index in [2.05, 4.69) is 59.6 Å². The Balaban J connectivity index is 1.13. The Morgan fingerprint density at radius 3 is 1.76 bits per heavy atom. The first-order valence-corrected chi connectivity index (χ1v) is 16.9. The maximum absolute atomic E-state index is 14.8. The molecule has 9 aromatic rings. The summed E-state index contributed by atoms with van der Waals surface area (Å²) in [5.74, 6) is 0. The van der Waals surface area contributed by atoms with Gasteiger partial charge in [0.05, 0.1) is 0 Å². The molecule has 0 aliphatic rings. The largest absolute Gasteiger partial charge is 0.455 e. The third-order valence-corrected chi connectivity index (χ3v) is 11.9. The smallest absolute Gasteiger partial charge is 0.171 e. The second kappa shape index (κ2) is 10.4. The van der Waals surface area contributed by atoms with Crippen molar-refractivity contribution in [3.63, 3.8) is 0 Å². The number of para-hydroxylation sites is 1. The number of benzene rings is 6. The molecule has 0 spiro atoms. The van der Waals surface area contributed by atoms with Gasteiger partial charge in [-0.3, -0.25) is 4.98 Å². The Labute approximate surface area is 264 Å². The quantitative estimate of drug-likeness (QED) is 0.182. The molecule has 0 unspecified atom stereocenters. The summed E-state index contributed by atoms with van der Waals surface area (Å²) >= 11 is 0. The van der Waals surface area contributed by atoms with Gasteiger partial charge >= 0.3 is 0 Å². The second-order valence-electron chi connectivity index (χ2n) is 11.5. The molecule has 0 amide bonds. The maximum Gasteiger partial charge on any atom is 0.171 e. The van der Waals surface area contributed by atoms with Crippen molar-refractivity contribution in [1.82, 2.24) is 4.98 Å². The Kier molecular flexibility index (Phi) is 6.06. The first kappa shape index (κ1) is 26.7. The number of hydrogen-bond donors (Lipinski definition) is 0. The van der Waals surface area contributed by atoms with E-state index in [1.165, 1.54) is 0 Å². The predicted octanol–water partition coefficient (Wildman–Crippen LogP) is 9.85. The van der Waals surface area contributed by atoms with Gasteiger partial charge in [-0.25, -0.2) is 0 Å². The topological polar surface area (TPSA) is 56.2 Å². The number of furan rings is 2. The molecule has 0 radical (unpaired) electrons. The van der Waals surface area contributed by atoms with E-state index in [9.17, 15) is 4.57 Å². The highest BCUT2D eigenvalue weighted by atomic mass is 31.2. The summed E-state index contributed by atoms with van der Waals surface area (Å²) in [4.78, 5) is 4.55. The Morgan fingerprint density at radius 2 is 1.07 bits per heavy atom. The summed E-state index contributed by atoms with van der Waals surface area (Å²) in [5, 5.41) is 5.54. The SMILES string of the molecule is O=P(c1ccccc1)(c1ccccc1)c1ccc(-c2cccc3c2oc2ccc(-c4ccc5oc6cccnc6c5c4)cc23)cc1. The Hall–Kier alpha value is -5.70. The highest BCUT2D eigenvalue weighted by Crippen LogP contribution is 2.43. The number of fused-ring (bicyclic) bond motifs is 6. The first-order valence-electron chi connectivity index (χ1n) is 15.2. The monoisotopic (exact) mass is 611 g/mol. The molecule has 5 heteroatoms. The van der Waals surface area contributed by atoms with Crippen LogP contribution >= 0.6 is 7.14 Å². The molecule has 0 aliphatic carbocycles. The number of rotatable bonds is 5. The van der Waals surface area contributed by atoms with Crippen LogP contribution in [0.4, 0.5) is 0 Å². The minimum atomic E-state index is -3.05. The first-order chi connectivity index (χ1) is 22.7. The van der Waals surface area contributed by atoms with Gasteiger partial charge in [-0.2, -0.15) is 0 Å². The molecule has 0 bridgehead atoms. The van der Waals surface area contributed by atoms with Gasteiger partial charge in [0, 0.05) is 43.8 Å². The van der Waals surface area contributed by atoms with Crippen LogP contribution in [-0.4, -0.2) is 4.98 Å². The van der Waals surface area contributed by atoms with E-state index in [-0.39, 0.29) is 0 Å². The van der Waals surface area contributed by atoms with Crippen molar-refractivity contribution in [3.8, 4) is 22.3 Å². The number of hydrogen-bond acceptors (Lipinski definition) is 4. The normalized spacial score (nSPS) is 12.0. The van der Waals surface area contributed by atoms with Crippen molar-refractivity contribution in [1.29, 1.82) is 0 Å². The Morgan fingerprint density at radius 1 is 0.457 bits per heavy atom. The lowest BCUT2D eigenvalue weighted by Gasteiger charge is -2.20. The average Bonchev–Trinajstić information content (AvgIpc) is 3.70. The molecule has 3 aromatic heterocycles. The molecule has 3 heterocycles. The van der Waals surface area contributed by atoms with Crippen LogP contribution in [0, 0.1) is 0 Å². The molecule has 0 aliphatic heterocycles. The van der Waals surface area contributed by atoms with E-state index >= 15 is 0 Å². The molecule has 0 saturated carbocycles. The molecule has 0 N–H and O–H groups in total. The van der Waals surface area contributed by atoms with Crippen LogP contribution in [-0.2, 0) is 4.57 Å². The number of nitrogens with zero attached hydrogens (tertiary/aromatic N) is 1. The molecule has 46 heavy (non-hydrogen) atoms. The Bertz CT molecular complexity index is 2560. The fourth-order valence-corrected chi connectivity index (χ4v) is 9.20. The fourth-order valence-electron chi connectivity index (χ4n) is 6.56. The van der Waals surface area contributed by atoms with Gasteiger partial charge in [0.2, 0.25) is 0 Å². The van der Waals surface area contributed by atoms with Crippen LogP contribution in [0.5, 0.6) is 0 Å². The molecule has 9 rings (SSSR count). The zero-order valence-electron chi connectivity index (χ0n) is 24.6. The van der Waals surface area contributed by atoms with E-state index in [1.54, 1.807) is 6.20 Å². The molecule has 0 saturated heterocycles. The summed E-state index contributed by atoms with van der Waals surface area (Å²) in [7, 11) is -3.05. The number of pyridine rings is 1. The van der Waals surface area contributed by atoms with Crippen LogP contribution in [0.3, 0.4) is 0 Å². The molecule has 6 aromatic carbocycles. The zero-order valence-corrected chi connectivity index (χ0v) is 25.5. The van der Waals surface area contributed by atoms with Crippen LogP contribution in [0.25, 0.3) is 66.3 Å². The fraction of sp³-hybridized carbons (Fsp3) is 0. The third-order valence-electron chi connectivity index (χ3n) is 8.84. The van der Waals surface area contributed by atoms with E-state index in [0.29, 0.717) is 0 Å². The van der Waals surface area contributed by atoms with Crippen molar-refractivity contribution in [3.05, 3.63) is 158 Å². The lowest BCUT2D eigenvalue weighted by atomic mass is 9.99. The molecular weight excluding hydrogens is 585 g/mol.